The predicted octanol–water partition coefficient (Wildman–Crippen LogP) is -0.511. The molecule has 2 rings (SSSR count). The minimum absolute atomic E-state index is 0.0985. The highest BCUT2D eigenvalue weighted by Gasteiger charge is 2.07. The Balaban J connectivity index is 2.22. The van der Waals surface area contributed by atoms with E-state index in [0.717, 1.165) is 10.2 Å². The fourth-order valence-corrected chi connectivity index (χ4v) is 1.68. The van der Waals surface area contributed by atoms with E-state index in [9.17, 15) is 9.59 Å². The molecule has 0 aliphatic carbocycles. The molecule has 0 atom stereocenters. The molecule has 0 radical (unpaired) electrons. The molecule has 1 heterocycles. The van der Waals surface area contributed by atoms with Crippen LogP contribution in [0.25, 0.3) is 0 Å². The zero-order valence-corrected chi connectivity index (χ0v) is 10.8. The van der Waals surface area contributed by atoms with Gasteiger partial charge in [-0.3, -0.25) is 9.78 Å². The van der Waals surface area contributed by atoms with E-state index in [1.807, 2.05) is 30.3 Å². The summed E-state index contributed by atoms with van der Waals surface area (Å²) in [6.45, 7) is -0.159. The van der Waals surface area contributed by atoms with Crippen LogP contribution in [0.3, 0.4) is 0 Å². The van der Waals surface area contributed by atoms with Gasteiger partial charge < -0.3 is 9.84 Å². The Morgan fingerprint density at radius 2 is 2.00 bits per heavy atom. The number of rotatable bonds is 6. The molecule has 0 aliphatic rings. The van der Waals surface area contributed by atoms with Gasteiger partial charge in [-0.25, -0.2) is 4.79 Å². The predicted molar refractivity (Wildman–Crippen MR) is 71.4 cm³/mol. The Labute approximate surface area is 114 Å². The SMILES string of the molecule is O=c1[nH]c(=O)n(COCCO)nc1Cc1ccccc1. The first-order valence-electron chi connectivity index (χ1n) is 6.13. The van der Waals surface area contributed by atoms with Gasteiger partial charge in [0.25, 0.3) is 5.56 Å². The van der Waals surface area contributed by atoms with Crippen LogP contribution in [0.15, 0.2) is 39.9 Å². The van der Waals surface area contributed by atoms with E-state index in [1.54, 1.807) is 0 Å². The molecule has 2 aromatic rings. The number of aromatic amines is 1. The van der Waals surface area contributed by atoms with E-state index in [0.29, 0.717) is 6.42 Å². The highest BCUT2D eigenvalue weighted by Crippen LogP contribution is 2.02. The molecule has 2 N–H and O–H groups in total. The van der Waals surface area contributed by atoms with Crippen LogP contribution in [0, 0.1) is 0 Å². The highest BCUT2D eigenvalue weighted by atomic mass is 16.5. The monoisotopic (exact) mass is 277 g/mol. The lowest BCUT2D eigenvalue weighted by Gasteiger charge is -2.06. The van der Waals surface area contributed by atoms with Gasteiger partial charge in [0.1, 0.15) is 12.4 Å². The molecule has 7 nitrogen and oxygen atoms in total. The second kappa shape index (κ2) is 6.78. The molecule has 20 heavy (non-hydrogen) atoms. The van der Waals surface area contributed by atoms with Gasteiger partial charge in [-0.15, -0.1) is 0 Å². The van der Waals surface area contributed by atoms with E-state index in [4.69, 9.17) is 9.84 Å². The molecule has 0 saturated heterocycles. The van der Waals surface area contributed by atoms with Crippen molar-refractivity contribution in [3.63, 3.8) is 0 Å². The highest BCUT2D eigenvalue weighted by molar-refractivity contribution is 5.19. The van der Waals surface area contributed by atoms with Gasteiger partial charge in [0, 0.05) is 6.42 Å². The molecule has 1 aromatic carbocycles. The third kappa shape index (κ3) is 3.62. The maximum atomic E-state index is 11.7. The van der Waals surface area contributed by atoms with Crippen LogP contribution in [0.1, 0.15) is 11.3 Å². The van der Waals surface area contributed by atoms with Crippen molar-refractivity contribution in [2.75, 3.05) is 13.2 Å². The normalized spacial score (nSPS) is 10.7. The number of ether oxygens (including phenoxy) is 1. The first-order valence-corrected chi connectivity index (χ1v) is 6.13. The second-order valence-electron chi connectivity index (χ2n) is 4.13. The fourth-order valence-electron chi connectivity index (χ4n) is 1.68. The number of aliphatic hydroxyl groups excluding tert-OH is 1. The zero-order chi connectivity index (χ0) is 14.4. The Kier molecular flexibility index (Phi) is 4.80. The molecule has 0 fully saturated rings. The van der Waals surface area contributed by atoms with Gasteiger partial charge in [-0.1, -0.05) is 30.3 Å². The van der Waals surface area contributed by atoms with Gasteiger partial charge in [-0.2, -0.15) is 9.78 Å². The van der Waals surface area contributed by atoms with E-state index in [2.05, 4.69) is 10.1 Å². The van der Waals surface area contributed by atoms with Gasteiger partial charge in [0.05, 0.1) is 13.2 Å². The molecule has 0 amide bonds. The van der Waals surface area contributed by atoms with Gasteiger partial charge >= 0.3 is 5.69 Å². The fraction of sp³-hybridized carbons (Fsp3) is 0.308. The summed E-state index contributed by atoms with van der Waals surface area (Å²) in [7, 11) is 0. The number of benzene rings is 1. The summed E-state index contributed by atoms with van der Waals surface area (Å²) in [6, 6.07) is 9.36. The third-order valence-electron chi connectivity index (χ3n) is 2.62. The van der Waals surface area contributed by atoms with Crippen molar-refractivity contribution in [2.24, 2.45) is 0 Å². The van der Waals surface area contributed by atoms with Gasteiger partial charge in [-0.05, 0) is 5.56 Å². The summed E-state index contributed by atoms with van der Waals surface area (Å²) in [6.07, 6.45) is 0.330. The van der Waals surface area contributed by atoms with Crippen LogP contribution in [-0.4, -0.2) is 33.1 Å². The summed E-state index contributed by atoms with van der Waals surface area (Å²) in [5, 5.41) is 12.6. The summed E-state index contributed by atoms with van der Waals surface area (Å²) in [4.78, 5) is 25.5. The summed E-state index contributed by atoms with van der Waals surface area (Å²) in [5.41, 5.74) is 0.0254. The van der Waals surface area contributed by atoms with E-state index < -0.39 is 11.2 Å². The van der Waals surface area contributed by atoms with Crippen LogP contribution in [-0.2, 0) is 17.9 Å². The summed E-state index contributed by atoms with van der Waals surface area (Å²) >= 11 is 0. The van der Waals surface area contributed by atoms with Crippen molar-refractivity contribution in [3.05, 3.63) is 62.4 Å². The number of aromatic nitrogens is 3. The molecule has 1 aromatic heterocycles. The smallest absolute Gasteiger partial charge is 0.346 e. The Morgan fingerprint density at radius 3 is 2.70 bits per heavy atom. The van der Waals surface area contributed by atoms with Gasteiger partial charge in [0.2, 0.25) is 0 Å². The summed E-state index contributed by atoms with van der Waals surface area (Å²) in [5.74, 6) is 0. The molecule has 0 bridgehead atoms. The van der Waals surface area contributed by atoms with Crippen molar-refractivity contribution in [2.45, 2.75) is 13.2 Å². The maximum Gasteiger partial charge on any atom is 0.346 e. The van der Waals surface area contributed by atoms with Crippen molar-refractivity contribution in [3.8, 4) is 0 Å². The molecule has 7 heteroatoms. The summed E-state index contributed by atoms with van der Waals surface area (Å²) < 4.78 is 6.05. The topological polar surface area (TPSA) is 97.2 Å². The Morgan fingerprint density at radius 1 is 1.25 bits per heavy atom. The van der Waals surface area contributed by atoms with Crippen LogP contribution in [0.2, 0.25) is 0 Å². The molecule has 0 saturated carbocycles. The standard InChI is InChI=1S/C13H15N3O4/c17-6-7-20-9-16-13(19)14-12(18)11(15-16)8-10-4-2-1-3-5-10/h1-5,17H,6-9H2,(H,14,18,19). The maximum absolute atomic E-state index is 11.7. The number of H-pyrrole nitrogens is 1. The molecular formula is C13H15N3O4. The van der Waals surface area contributed by atoms with Crippen LogP contribution >= 0.6 is 0 Å². The number of aliphatic hydroxyl groups is 1. The average molecular weight is 277 g/mol. The van der Waals surface area contributed by atoms with Crippen LogP contribution in [0.5, 0.6) is 0 Å². The second-order valence-corrected chi connectivity index (χ2v) is 4.13. The molecular weight excluding hydrogens is 262 g/mol. The van der Waals surface area contributed by atoms with Crippen LogP contribution in [0.4, 0.5) is 0 Å². The zero-order valence-electron chi connectivity index (χ0n) is 10.8. The van der Waals surface area contributed by atoms with Crippen LogP contribution < -0.4 is 11.2 Å². The molecule has 106 valence electrons. The third-order valence-corrected chi connectivity index (χ3v) is 2.62. The number of nitrogens with one attached hydrogen (secondary N) is 1. The molecule has 0 unspecified atom stereocenters. The number of nitrogens with zero attached hydrogens (tertiary/aromatic N) is 2. The minimum Gasteiger partial charge on any atom is -0.394 e. The van der Waals surface area contributed by atoms with Crippen molar-refractivity contribution in [1.82, 2.24) is 14.8 Å². The largest absolute Gasteiger partial charge is 0.394 e. The lowest BCUT2D eigenvalue weighted by atomic mass is 10.1. The van der Waals surface area contributed by atoms with Crippen molar-refractivity contribution >= 4 is 0 Å². The lowest BCUT2D eigenvalue weighted by Crippen LogP contribution is -2.35. The van der Waals surface area contributed by atoms with Crippen molar-refractivity contribution < 1.29 is 9.84 Å². The van der Waals surface area contributed by atoms with E-state index in [-0.39, 0.29) is 25.6 Å². The van der Waals surface area contributed by atoms with E-state index in [1.165, 1.54) is 0 Å². The Hall–Kier alpha value is -2.25. The first kappa shape index (κ1) is 14.2. The quantitative estimate of drug-likeness (QED) is 0.693. The average Bonchev–Trinajstić information content (AvgIpc) is 2.45. The lowest BCUT2D eigenvalue weighted by molar-refractivity contribution is 0.0379. The van der Waals surface area contributed by atoms with Crippen molar-refractivity contribution in [1.29, 1.82) is 0 Å². The molecule has 0 spiro atoms. The first-order chi connectivity index (χ1) is 9.70. The minimum atomic E-state index is -0.634. The van der Waals surface area contributed by atoms with Gasteiger partial charge in [0.15, 0.2) is 0 Å². The number of hydrogen-bond donors (Lipinski definition) is 2. The number of hydrogen-bond acceptors (Lipinski definition) is 5. The molecule has 0 aliphatic heterocycles. The van der Waals surface area contributed by atoms with E-state index >= 15 is 0 Å². The Bertz CT molecular complexity index is 663.